The molecule has 4 unspecified atom stereocenters. The summed E-state index contributed by atoms with van der Waals surface area (Å²) < 4.78 is 0. The molecule has 0 fully saturated rings. The normalized spacial score (nSPS) is 14.2. The van der Waals surface area contributed by atoms with E-state index in [0.29, 0.717) is 12.2 Å². The smallest absolute Gasteiger partial charge is 0.326 e. The molecular formula is C24H37N5O6S. The molecule has 4 amide bonds. The Labute approximate surface area is 215 Å². The summed E-state index contributed by atoms with van der Waals surface area (Å²) in [5, 5.41) is 16.9. The number of hydrogen-bond acceptors (Lipinski definition) is 7. The van der Waals surface area contributed by atoms with Crippen LogP contribution in [0, 0.1) is 5.92 Å². The third-order valence-electron chi connectivity index (χ3n) is 5.25. The molecule has 0 aliphatic heterocycles. The number of benzene rings is 1. The van der Waals surface area contributed by atoms with Gasteiger partial charge in [0, 0.05) is 6.42 Å². The van der Waals surface area contributed by atoms with Crippen molar-refractivity contribution in [3.05, 3.63) is 35.9 Å². The van der Waals surface area contributed by atoms with Gasteiger partial charge in [-0.2, -0.15) is 11.8 Å². The van der Waals surface area contributed by atoms with Gasteiger partial charge in [0.05, 0.1) is 12.5 Å². The van der Waals surface area contributed by atoms with E-state index in [2.05, 4.69) is 16.0 Å². The molecule has 0 aliphatic carbocycles. The molecule has 0 aromatic heterocycles. The molecule has 0 radical (unpaired) electrons. The summed E-state index contributed by atoms with van der Waals surface area (Å²) in [6.45, 7) is 3.59. The van der Waals surface area contributed by atoms with Gasteiger partial charge in [-0.3, -0.25) is 19.2 Å². The van der Waals surface area contributed by atoms with Crippen LogP contribution in [-0.2, 0) is 30.4 Å². The van der Waals surface area contributed by atoms with Crippen LogP contribution >= 0.6 is 11.8 Å². The zero-order valence-electron chi connectivity index (χ0n) is 20.9. The predicted octanol–water partition coefficient (Wildman–Crippen LogP) is -0.230. The Balaban J connectivity index is 3.09. The number of carboxylic acid groups (broad SMARTS) is 1. The second kappa shape index (κ2) is 15.8. The standard InChI is InChI=1S/C24H37N5O6S/c1-14(2)11-19(24(34)35)29-23(33)18(13-20(26)30)28-22(32)17(12-15-7-5-4-6-8-15)27-21(31)16(25)9-10-36-3/h4-8,14,16-19H,9-13,25H2,1-3H3,(H2,26,30)(H,27,31)(H,28,32)(H,29,33)(H,34,35). The van der Waals surface area contributed by atoms with Crippen molar-refractivity contribution in [2.24, 2.45) is 17.4 Å². The van der Waals surface area contributed by atoms with Gasteiger partial charge in [-0.05, 0) is 36.3 Å². The third-order valence-corrected chi connectivity index (χ3v) is 5.89. The molecule has 0 aliphatic rings. The number of carboxylic acids is 1. The van der Waals surface area contributed by atoms with Crippen molar-refractivity contribution in [3.8, 4) is 0 Å². The van der Waals surface area contributed by atoms with Crippen molar-refractivity contribution in [3.63, 3.8) is 0 Å². The SMILES string of the molecule is CSCCC(N)C(=O)NC(Cc1ccccc1)C(=O)NC(CC(N)=O)C(=O)NC(CC(C)C)C(=O)O. The molecule has 1 aromatic rings. The number of nitrogens with one attached hydrogen (secondary N) is 3. The molecule has 4 atom stereocenters. The number of thioether (sulfide) groups is 1. The molecule has 12 heteroatoms. The van der Waals surface area contributed by atoms with Crippen LogP contribution in [0.1, 0.15) is 38.7 Å². The largest absolute Gasteiger partial charge is 0.480 e. The first-order valence-corrected chi connectivity index (χ1v) is 13.0. The number of aliphatic carboxylic acids is 1. The van der Waals surface area contributed by atoms with Crippen molar-refractivity contribution < 1.29 is 29.1 Å². The van der Waals surface area contributed by atoms with Crippen LogP contribution in [0.4, 0.5) is 0 Å². The highest BCUT2D eigenvalue weighted by molar-refractivity contribution is 7.98. The van der Waals surface area contributed by atoms with Crippen molar-refractivity contribution in [2.75, 3.05) is 12.0 Å². The van der Waals surface area contributed by atoms with Gasteiger partial charge in [0.2, 0.25) is 23.6 Å². The molecule has 11 nitrogen and oxygen atoms in total. The fourth-order valence-electron chi connectivity index (χ4n) is 3.36. The first-order valence-electron chi connectivity index (χ1n) is 11.6. The first kappa shape index (κ1) is 30.9. The van der Waals surface area contributed by atoms with Gasteiger partial charge in [0.15, 0.2) is 0 Å². The van der Waals surface area contributed by atoms with E-state index in [-0.39, 0.29) is 18.8 Å². The predicted molar refractivity (Wildman–Crippen MR) is 138 cm³/mol. The average Bonchev–Trinajstić information content (AvgIpc) is 2.80. The number of nitrogens with two attached hydrogens (primary N) is 2. The lowest BCUT2D eigenvalue weighted by molar-refractivity contribution is -0.143. The quantitative estimate of drug-likeness (QED) is 0.171. The Morgan fingerprint density at radius 2 is 1.47 bits per heavy atom. The zero-order valence-corrected chi connectivity index (χ0v) is 21.7. The van der Waals surface area contributed by atoms with E-state index in [1.165, 1.54) is 11.8 Å². The number of primary amides is 1. The van der Waals surface area contributed by atoms with Gasteiger partial charge in [0.1, 0.15) is 18.1 Å². The molecule has 0 saturated carbocycles. The van der Waals surface area contributed by atoms with E-state index in [1.807, 2.05) is 6.26 Å². The van der Waals surface area contributed by atoms with E-state index in [1.54, 1.807) is 44.2 Å². The Morgan fingerprint density at radius 1 is 0.917 bits per heavy atom. The summed E-state index contributed by atoms with van der Waals surface area (Å²) in [4.78, 5) is 61.8. The van der Waals surface area contributed by atoms with Gasteiger partial charge in [-0.1, -0.05) is 44.2 Å². The van der Waals surface area contributed by atoms with E-state index < -0.39 is 60.2 Å². The maximum Gasteiger partial charge on any atom is 0.326 e. The fourth-order valence-corrected chi connectivity index (χ4v) is 3.85. The molecule has 8 N–H and O–H groups in total. The maximum absolute atomic E-state index is 13.2. The van der Waals surface area contributed by atoms with Crippen LogP contribution < -0.4 is 27.4 Å². The van der Waals surface area contributed by atoms with E-state index >= 15 is 0 Å². The van der Waals surface area contributed by atoms with Gasteiger partial charge in [-0.25, -0.2) is 4.79 Å². The molecule has 1 aromatic carbocycles. The lowest BCUT2D eigenvalue weighted by Gasteiger charge is -2.25. The molecular weight excluding hydrogens is 486 g/mol. The van der Waals surface area contributed by atoms with Gasteiger partial charge in [-0.15, -0.1) is 0 Å². The average molecular weight is 524 g/mol. The Morgan fingerprint density at radius 3 is 2.00 bits per heavy atom. The summed E-state index contributed by atoms with van der Waals surface area (Å²) >= 11 is 1.53. The van der Waals surface area contributed by atoms with Crippen molar-refractivity contribution in [1.29, 1.82) is 0 Å². The minimum absolute atomic E-state index is 0.0311. The summed E-state index contributed by atoms with van der Waals surface area (Å²) in [6.07, 6.45) is 2.00. The van der Waals surface area contributed by atoms with Crippen LogP contribution in [0.15, 0.2) is 30.3 Å². The summed E-state index contributed by atoms with van der Waals surface area (Å²) in [7, 11) is 0. The molecule has 200 valence electrons. The number of amides is 4. The lowest BCUT2D eigenvalue weighted by atomic mass is 10.0. The van der Waals surface area contributed by atoms with Gasteiger partial charge < -0.3 is 32.5 Å². The Hall–Kier alpha value is -3.12. The molecule has 1 rings (SSSR count). The number of carbonyl (C=O) groups excluding carboxylic acids is 4. The second-order valence-corrected chi connectivity index (χ2v) is 9.89. The van der Waals surface area contributed by atoms with Crippen LogP contribution in [0.25, 0.3) is 0 Å². The molecule has 0 heterocycles. The third kappa shape index (κ3) is 11.5. The van der Waals surface area contributed by atoms with E-state index in [4.69, 9.17) is 11.5 Å². The van der Waals surface area contributed by atoms with Gasteiger partial charge >= 0.3 is 5.97 Å². The summed E-state index contributed by atoms with van der Waals surface area (Å²) in [6, 6.07) is 4.34. The lowest BCUT2D eigenvalue weighted by Crippen LogP contribution is -2.58. The number of hydrogen-bond donors (Lipinski definition) is 6. The Kier molecular flexibility index (Phi) is 13.6. The molecule has 0 saturated heterocycles. The minimum Gasteiger partial charge on any atom is -0.480 e. The topological polar surface area (TPSA) is 194 Å². The number of carbonyl (C=O) groups is 5. The Bertz CT molecular complexity index is 898. The highest BCUT2D eigenvalue weighted by Crippen LogP contribution is 2.08. The maximum atomic E-state index is 13.2. The zero-order chi connectivity index (χ0) is 27.3. The summed E-state index contributed by atoms with van der Waals surface area (Å²) in [5.41, 5.74) is 12.0. The minimum atomic E-state index is -1.43. The van der Waals surface area contributed by atoms with E-state index in [0.717, 1.165) is 5.56 Å². The molecule has 0 spiro atoms. The van der Waals surface area contributed by atoms with Gasteiger partial charge in [0.25, 0.3) is 0 Å². The molecule has 0 bridgehead atoms. The fraction of sp³-hybridized carbons (Fsp3) is 0.542. The van der Waals surface area contributed by atoms with Crippen molar-refractivity contribution in [2.45, 2.75) is 63.7 Å². The number of rotatable bonds is 16. The van der Waals surface area contributed by atoms with Crippen LogP contribution in [0.3, 0.4) is 0 Å². The summed E-state index contributed by atoms with van der Waals surface area (Å²) in [5.74, 6) is -3.61. The van der Waals surface area contributed by atoms with E-state index in [9.17, 15) is 29.1 Å². The second-order valence-electron chi connectivity index (χ2n) is 8.90. The molecule has 36 heavy (non-hydrogen) atoms. The monoisotopic (exact) mass is 523 g/mol. The highest BCUT2D eigenvalue weighted by Gasteiger charge is 2.31. The highest BCUT2D eigenvalue weighted by atomic mass is 32.2. The van der Waals surface area contributed by atoms with Crippen molar-refractivity contribution >= 4 is 41.4 Å². The first-order chi connectivity index (χ1) is 16.9. The van der Waals surface area contributed by atoms with Crippen molar-refractivity contribution in [1.82, 2.24) is 16.0 Å². The van der Waals surface area contributed by atoms with Crippen LogP contribution in [0.2, 0.25) is 0 Å². The van der Waals surface area contributed by atoms with Crippen LogP contribution in [-0.4, -0.2) is 70.9 Å². The van der Waals surface area contributed by atoms with Crippen LogP contribution in [0.5, 0.6) is 0 Å².